The van der Waals surface area contributed by atoms with E-state index in [0.29, 0.717) is 11.5 Å². The predicted molar refractivity (Wildman–Crippen MR) is 64.4 cm³/mol. The number of hydrogen-bond acceptors (Lipinski definition) is 2. The Labute approximate surface area is 94.7 Å². The van der Waals surface area contributed by atoms with Gasteiger partial charge < -0.3 is 5.11 Å². The van der Waals surface area contributed by atoms with Gasteiger partial charge in [-0.15, -0.1) is 0 Å². The lowest BCUT2D eigenvalue weighted by Crippen LogP contribution is -1.96. The van der Waals surface area contributed by atoms with Gasteiger partial charge in [-0.05, 0) is 29.4 Å². The van der Waals surface area contributed by atoms with Gasteiger partial charge in [0, 0.05) is 5.75 Å². The number of benzene rings is 1. The maximum atomic E-state index is 10.6. The van der Waals surface area contributed by atoms with E-state index in [9.17, 15) is 4.79 Å². The molecule has 0 saturated heterocycles. The zero-order valence-electron chi connectivity index (χ0n) is 9.06. The summed E-state index contributed by atoms with van der Waals surface area (Å²) in [5.74, 6) is 1.93. The van der Waals surface area contributed by atoms with Crippen LogP contribution in [-0.2, 0) is 5.75 Å². The highest BCUT2D eigenvalue weighted by molar-refractivity contribution is 7.98. The molecule has 0 amide bonds. The molecule has 0 saturated carbocycles. The van der Waals surface area contributed by atoms with Crippen molar-refractivity contribution < 1.29 is 9.90 Å². The third-order valence-electron chi connectivity index (χ3n) is 1.92. The van der Waals surface area contributed by atoms with Crippen molar-refractivity contribution in [1.29, 1.82) is 0 Å². The van der Waals surface area contributed by atoms with Crippen LogP contribution in [0.25, 0.3) is 0 Å². The summed E-state index contributed by atoms with van der Waals surface area (Å²) in [4.78, 5) is 10.6. The molecule has 0 bridgehead atoms. The summed E-state index contributed by atoms with van der Waals surface area (Å²) < 4.78 is 0. The molecule has 1 aromatic carbocycles. The zero-order chi connectivity index (χ0) is 11.3. The molecular formula is C12H16O2S. The number of hydrogen-bond donors (Lipinski definition) is 1. The minimum atomic E-state index is -0.864. The van der Waals surface area contributed by atoms with Crippen molar-refractivity contribution in [3.63, 3.8) is 0 Å². The predicted octanol–water partition coefficient (Wildman–Crippen LogP) is 3.27. The van der Waals surface area contributed by atoms with E-state index >= 15 is 0 Å². The van der Waals surface area contributed by atoms with Crippen LogP contribution in [0.15, 0.2) is 24.3 Å². The summed E-state index contributed by atoms with van der Waals surface area (Å²) in [5, 5.41) is 8.72. The van der Waals surface area contributed by atoms with Gasteiger partial charge in [0.05, 0.1) is 5.56 Å². The molecule has 3 heteroatoms. The van der Waals surface area contributed by atoms with E-state index in [1.54, 1.807) is 12.1 Å². The first-order valence-electron chi connectivity index (χ1n) is 4.99. The summed E-state index contributed by atoms with van der Waals surface area (Å²) in [7, 11) is 0. The quantitative estimate of drug-likeness (QED) is 0.834. The normalized spacial score (nSPS) is 10.6. The van der Waals surface area contributed by atoms with Crippen LogP contribution in [0.2, 0.25) is 0 Å². The summed E-state index contributed by atoms with van der Waals surface area (Å²) in [6.07, 6.45) is 0. The van der Waals surface area contributed by atoms with E-state index in [0.717, 1.165) is 11.5 Å². The van der Waals surface area contributed by atoms with Crippen LogP contribution in [0.4, 0.5) is 0 Å². The Hall–Kier alpha value is -0.960. The topological polar surface area (TPSA) is 37.3 Å². The second-order valence-electron chi connectivity index (χ2n) is 3.91. The first-order chi connectivity index (χ1) is 7.09. The molecule has 15 heavy (non-hydrogen) atoms. The third kappa shape index (κ3) is 4.38. The van der Waals surface area contributed by atoms with Crippen molar-refractivity contribution in [3.8, 4) is 0 Å². The molecule has 0 aromatic heterocycles. The fourth-order valence-electron chi connectivity index (χ4n) is 1.16. The van der Waals surface area contributed by atoms with Crippen molar-refractivity contribution in [2.45, 2.75) is 19.6 Å². The fourth-order valence-corrected chi connectivity index (χ4v) is 2.17. The lowest BCUT2D eigenvalue weighted by atomic mass is 10.1. The number of carbonyl (C=O) groups is 1. The monoisotopic (exact) mass is 224 g/mol. The van der Waals surface area contributed by atoms with Gasteiger partial charge in [-0.25, -0.2) is 4.79 Å². The van der Waals surface area contributed by atoms with Crippen molar-refractivity contribution in [1.82, 2.24) is 0 Å². The number of carboxylic acids is 1. The molecule has 1 N–H and O–H groups in total. The van der Waals surface area contributed by atoms with Crippen LogP contribution in [-0.4, -0.2) is 16.8 Å². The van der Waals surface area contributed by atoms with E-state index < -0.39 is 5.97 Å². The number of carboxylic acid groups (broad SMARTS) is 1. The Morgan fingerprint density at radius 1 is 1.33 bits per heavy atom. The Kier molecular flexibility index (Phi) is 4.69. The summed E-state index contributed by atoms with van der Waals surface area (Å²) in [5.41, 5.74) is 1.54. The van der Waals surface area contributed by atoms with Gasteiger partial charge >= 0.3 is 5.97 Å². The van der Waals surface area contributed by atoms with Gasteiger partial charge in [-0.3, -0.25) is 0 Å². The molecule has 1 aromatic rings. The van der Waals surface area contributed by atoms with Crippen molar-refractivity contribution in [2.75, 3.05) is 5.75 Å². The Balaban J connectivity index is 2.46. The molecule has 0 aliphatic carbocycles. The third-order valence-corrected chi connectivity index (χ3v) is 3.36. The molecule has 82 valence electrons. The van der Waals surface area contributed by atoms with Crippen LogP contribution in [0.1, 0.15) is 29.8 Å². The largest absolute Gasteiger partial charge is 0.478 e. The first kappa shape index (κ1) is 12.1. The molecule has 0 aliphatic rings. The summed E-state index contributed by atoms with van der Waals surface area (Å²) in [6, 6.07) is 7.09. The maximum absolute atomic E-state index is 10.6. The minimum Gasteiger partial charge on any atom is -0.478 e. The Morgan fingerprint density at radius 2 is 1.93 bits per heavy atom. The molecule has 0 spiro atoms. The average molecular weight is 224 g/mol. The van der Waals surface area contributed by atoms with Gasteiger partial charge in [0.25, 0.3) is 0 Å². The second kappa shape index (κ2) is 5.81. The Bertz CT molecular complexity index is 317. The van der Waals surface area contributed by atoms with Gasteiger partial charge in [0.1, 0.15) is 0 Å². The molecule has 0 heterocycles. The van der Waals surface area contributed by atoms with E-state index in [4.69, 9.17) is 5.11 Å². The van der Waals surface area contributed by atoms with Gasteiger partial charge in [-0.1, -0.05) is 26.0 Å². The van der Waals surface area contributed by atoms with Gasteiger partial charge in [0.15, 0.2) is 0 Å². The highest BCUT2D eigenvalue weighted by Crippen LogP contribution is 2.15. The van der Waals surface area contributed by atoms with Crippen LogP contribution in [0.5, 0.6) is 0 Å². The highest BCUT2D eigenvalue weighted by atomic mass is 32.2. The molecule has 2 nitrogen and oxygen atoms in total. The standard InChI is InChI=1S/C12H16O2S/c1-9(2)7-15-8-10-3-5-11(6-4-10)12(13)14/h3-6,9H,7-8H2,1-2H3,(H,13,14). The number of thioether (sulfide) groups is 1. The smallest absolute Gasteiger partial charge is 0.335 e. The molecule has 0 unspecified atom stereocenters. The minimum absolute atomic E-state index is 0.354. The summed E-state index contributed by atoms with van der Waals surface area (Å²) >= 11 is 1.88. The number of aromatic carboxylic acids is 1. The summed E-state index contributed by atoms with van der Waals surface area (Å²) in [6.45, 7) is 4.39. The number of rotatable bonds is 5. The average Bonchev–Trinajstić information content (AvgIpc) is 2.18. The van der Waals surface area contributed by atoms with E-state index in [1.807, 2.05) is 23.9 Å². The lowest BCUT2D eigenvalue weighted by Gasteiger charge is -2.04. The molecule has 1 rings (SSSR count). The second-order valence-corrected chi connectivity index (χ2v) is 4.94. The van der Waals surface area contributed by atoms with E-state index in [1.165, 1.54) is 5.56 Å². The van der Waals surface area contributed by atoms with Crippen LogP contribution >= 0.6 is 11.8 Å². The SMILES string of the molecule is CC(C)CSCc1ccc(C(=O)O)cc1. The van der Waals surface area contributed by atoms with Crippen molar-refractivity contribution in [2.24, 2.45) is 5.92 Å². The van der Waals surface area contributed by atoms with Crippen LogP contribution < -0.4 is 0 Å². The molecule has 0 atom stereocenters. The first-order valence-corrected chi connectivity index (χ1v) is 6.15. The van der Waals surface area contributed by atoms with Crippen molar-refractivity contribution >= 4 is 17.7 Å². The molecule has 0 aliphatic heterocycles. The maximum Gasteiger partial charge on any atom is 0.335 e. The highest BCUT2D eigenvalue weighted by Gasteiger charge is 2.01. The molecule has 0 fully saturated rings. The fraction of sp³-hybridized carbons (Fsp3) is 0.417. The van der Waals surface area contributed by atoms with Gasteiger partial charge in [0.2, 0.25) is 0 Å². The molecule has 0 radical (unpaired) electrons. The lowest BCUT2D eigenvalue weighted by molar-refractivity contribution is 0.0697. The van der Waals surface area contributed by atoms with E-state index in [-0.39, 0.29) is 0 Å². The van der Waals surface area contributed by atoms with Crippen LogP contribution in [0, 0.1) is 5.92 Å². The van der Waals surface area contributed by atoms with Gasteiger partial charge in [-0.2, -0.15) is 11.8 Å². The van der Waals surface area contributed by atoms with E-state index in [2.05, 4.69) is 13.8 Å². The Morgan fingerprint density at radius 3 is 2.40 bits per heavy atom. The molecular weight excluding hydrogens is 208 g/mol. The van der Waals surface area contributed by atoms with Crippen LogP contribution in [0.3, 0.4) is 0 Å². The zero-order valence-corrected chi connectivity index (χ0v) is 9.88. The van der Waals surface area contributed by atoms with Crippen molar-refractivity contribution in [3.05, 3.63) is 35.4 Å².